The smallest absolute Gasteiger partial charge is 0.131 e. The molecule has 0 atom stereocenters. The molecule has 0 saturated carbocycles. The second-order valence-corrected chi connectivity index (χ2v) is 4.99. The van der Waals surface area contributed by atoms with Gasteiger partial charge in [0.05, 0.1) is 6.61 Å². The highest BCUT2D eigenvalue weighted by atomic mass is 16.5. The van der Waals surface area contributed by atoms with Crippen molar-refractivity contribution in [3.05, 3.63) is 42.0 Å². The zero-order valence-corrected chi connectivity index (χ0v) is 11.6. The largest absolute Gasteiger partial charge is 0.508 e. The standard InChI is InChI=1S/C17H18O3/c1-2-3-8-19-14-5-7-15-12(9-14)11-20-17-10-13(18)4-6-16(15)17/h4-7,9-10,18H,2-3,8,11H2,1H3. The number of aromatic hydroxyl groups is 1. The summed E-state index contributed by atoms with van der Waals surface area (Å²) in [5.74, 6) is 1.85. The summed E-state index contributed by atoms with van der Waals surface area (Å²) in [4.78, 5) is 0. The van der Waals surface area contributed by atoms with Gasteiger partial charge < -0.3 is 14.6 Å². The van der Waals surface area contributed by atoms with Crippen LogP contribution in [0.3, 0.4) is 0 Å². The lowest BCUT2D eigenvalue weighted by atomic mass is 9.97. The number of fused-ring (bicyclic) bond motifs is 3. The van der Waals surface area contributed by atoms with Crippen LogP contribution in [0.4, 0.5) is 0 Å². The quantitative estimate of drug-likeness (QED) is 0.849. The summed E-state index contributed by atoms with van der Waals surface area (Å²) >= 11 is 0. The van der Waals surface area contributed by atoms with E-state index in [1.54, 1.807) is 12.1 Å². The van der Waals surface area contributed by atoms with Gasteiger partial charge in [-0.2, -0.15) is 0 Å². The molecule has 0 unspecified atom stereocenters. The van der Waals surface area contributed by atoms with E-state index in [2.05, 4.69) is 13.0 Å². The molecule has 1 aliphatic rings. The monoisotopic (exact) mass is 270 g/mol. The predicted octanol–water partition coefficient (Wildman–Crippen LogP) is 4.13. The van der Waals surface area contributed by atoms with Crippen LogP contribution in [0, 0.1) is 0 Å². The maximum atomic E-state index is 9.50. The van der Waals surface area contributed by atoms with Crippen molar-refractivity contribution in [2.45, 2.75) is 26.4 Å². The van der Waals surface area contributed by atoms with Gasteiger partial charge in [0.2, 0.25) is 0 Å². The normalized spacial score (nSPS) is 12.2. The number of rotatable bonds is 4. The molecule has 104 valence electrons. The lowest BCUT2D eigenvalue weighted by Gasteiger charge is -2.21. The van der Waals surface area contributed by atoms with Crippen LogP contribution in [0.1, 0.15) is 25.3 Å². The Hall–Kier alpha value is -2.16. The number of unbranched alkanes of at least 4 members (excludes halogenated alkanes) is 1. The highest BCUT2D eigenvalue weighted by Crippen LogP contribution is 2.40. The summed E-state index contributed by atoms with van der Waals surface area (Å²) < 4.78 is 11.4. The number of ether oxygens (including phenoxy) is 2. The first-order valence-electron chi connectivity index (χ1n) is 7.00. The summed E-state index contributed by atoms with van der Waals surface area (Å²) in [6.45, 7) is 3.41. The Morgan fingerprint density at radius 1 is 1.15 bits per heavy atom. The Labute approximate surface area is 118 Å². The van der Waals surface area contributed by atoms with Gasteiger partial charge >= 0.3 is 0 Å². The SMILES string of the molecule is CCCCOc1ccc2c(c1)COc1cc(O)ccc1-2. The molecule has 3 nitrogen and oxygen atoms in total. The second kappa shape index (κ2) is 5.45. The molecule has 0 spiro atoms. The van der Waals surface area contributed by atoms with Gasteiger partial charge in [0.15, 0.2) is 0 Å². The first kappa shape index (κ1) is 12.9. The third-order valence-electron chi connectivity index (χ3n) is 3.48. The molecule has 0 bridgehead atoms. The van der Waals surface area contributed by atoms with Crippen LogP contribution in [0.2, 0.25) is 0 Å². The summed E-state index contributed by atoms with van der Waals surface area (Å²) in [5.41, 5.74) is 3.29. The molecule has 3 rings (SSSR count). The molecule has 0 aliphatic carbocycles. The number of phenols is 1. The average molecular weight is 270 g/mol. The highest BCUT2D eigenvalue weighted by Gasteiger charge is 2.18. The number of benzene rings is 2. The van der Waals surface area contributed by atoms with E-state index >= 15 is 0 Å². The van der Waals surface area contributed by atoms with Crippen molar-refractivity contribution in [1.29, 1.82) is 0 Å². The van der Waals surface area contributed by atoms with E-state index in [1.807, 2.05) is 18.2 Å². The maximum Gasteiger partial charge on any atom is 0.131 e. The van der Waals surface area contributed by atoms with Crippen molar-refractivity contribution >= 4 is 0 Å². The van der Waals surface area contributed by atoms with Crippen LogP contribution in [-0.2, 0) is 6.61 Å². The van der Waals surface area contributed by atoms with Crippen molar-refractivity contribution in [2.75, 3.05) is 6.61 Å². The highest BCUT2D eigenvalue weighted by molar-refractivity contribution is 5.76. The maximum absolute atomic E-state index is 9.50. The summed E-state index contributed by atoms with van der Waals surface area (Å²) in [5, 5.41) is 9.50. The zero-order chi connectivity index (χ0) is 13.9. The van der Waals surface area contributed by atoms with E-state index < -0.39 is 0 Å². The fourth-order valence-electron chi connectivity index (χ4n) is 2.38. The zero-order valence-electron chi connectivity index (χ0n) is 11.6. The summed E-state index contributed by atoms with van der Waals surface area (Å²) in [7, 11) is 0. The molecule has 1 heterocycles. The van der Waals surface area contributed by atoms with E-state index in [-0.39, 0.29) is 5.75 Å². The summed E-state index contributed by atoms with van der Waals surface area (Å²) in [6, 6.07) is 11.3. The van der Waals surface area contributed by atoms with Crippen LogP contribution >= 0.6 is 0 Å². The van der Waals surface area contributed by atoms with Crippen LogP contribution in [0.5, 0.6) is 17.2 Å². The summed E-state index contributed by atoms with van der Waals surface area (Å²) in [6.07, 6.45) is 2.20. The van der Waals surface area contributed by atoms with E-state index in [4.69, 9.17) is 9.47 Å². The first-order chi connectivity index (χ1) is 9.78. The van der Waals surface area contributed by atoms with E-state index in [9.17, 15) is 5.11 Å². The van der Waals surface area contributed by atoms with Crippen molar-refractivity contribution < 1.29 is 14.6 Å². The van der Waals surface area contributed by atoms with Crippen molar-refractivity contribution in [1.82, 2.24) is 0 Å². The predicted molar refractivity (Wildman–Crippen MR) is 78.3 cm³/mol. The number of phenolic OH excluding ortho intramolecular Hbond substituents is 1. The third kappa shape index (κ3) is 2.44. The van der Waals surface area contributed by atoms with Gasteiger partial charge in [-0.15, -0.1) is 0 Å². The Morgan fingerprint density at radius 2 is 2.00 bits per heavy atom. The first-order valence-corrected chi connectivity index (χ1v) is 7.00. The molecule has 1 N–H and O–H groups in total. The van der Waals surface area contributed by atoms with E-state index in [1.165, 1.54) is 0 Å². The number of hydrogen-bond acceptors (Lipinski definition) is 3. The topological polar surface area (TPSA) is 38.7 Å². The Balaban J connectivity index is 1.89. The van der Waals surface area contributed by atoms with Crippen molar-refractivity contribution in [3.63, 3.8) is 0 Å². The van der Waals surface area contributed by atoms with Crippen LogP contribution in [0.15, 0.2) is 36.4 Å². The molecule has 20 heavy (non-hydrogen) atoms. The Kier molecular flexibility index (Phi) is 3.50. The van der Waals surface area contributed by atoms with E-state index in [0.29, 0.717) is 6.61 Å². The van der Waals surface area contributed by atoms with Gasteiger partial charge in [-0.25, -0.2) is 0 Å². The van der Waals surface area contributed by atoms with Crippen LogP contribution in [-0.4, -0.2) is 11.7 Å². The Bertz CT molecular complexity index is 620. The van der Waals surface area contributed by atoms with Gasteiger partial charge in [-0.3, -0.25) is 0 Å². The molecule has 1 aliphatic heterocycles. The molecule has 2 aromatic rings. The molecule has 3 heteroatoms. The van der Waals surface area contributed by atoms with Gasteiger partial charge in [0.1, 0.15) is 23.9 Å². The molecular weight excluding hydrogens is 252 g/mol. The minimum atomic E-state index is 0.228. The lowest BCUT2D eigenvalue weighted by Crippen LogP contribution is -2.06. The third-order valence-corrected chi connectivity index (χ3v) is 3.48. The molecule has 0 radical (unpaired) electrons. The van der Waals surface area contributed by atoms with Gasteiger partial charge in [0, 0.05) is 17.2 Å². The molecule has 0 saturated heterocycles. The van der Waals surface area contributed by atoms with Gasteiger partial charge in [-0.1, -0.05) is 19.4 Å². The minimum Gasteiger partial charge on any atom is -0.508 e. The fraction of sp³-hybridized carbons (Fsp3) is 0.294. The molecule has 0 fully saturated rings. The van der Waals surface area contributed by atoms with Crippen LogP contribution < -0.4 is 9.47 Å². The second-order valence-electron chi connectivity index (χ2n) is 4.99. The molecule has 0 aromatic heterocycles. The molecule has 2 aromatic carbocycles. The lowest BCUT2D eigenvalue weighted by molar-refractivity contribution is 0.293. The molecule has 0 amide bonds. The van der Waals surface area contributed by atoms with E-state index in [0.717, 1.165) is 47.6 Å². The van der Waals surface area contributed by atoms with Crippen LogP contribution in [0.25, 0.3) is 11.1 Å². The average Bonchev–Trinajstić information content (AvgIpc) is 2.47. The minimum absolute atomic E-state index is 0.228. The van der Waals surface area contributed by atoms with Gasteiger partial charge in [0.25, 0.3) is 0 Å². The van der Waals surface area contributed by atoms with Crippen molar-refractivity contribution in [2.24, 2.45) is 0 Å². The van der Waals surface area contributed by atoms with Crippen molar-refractivity contribution in [3.8, 4) is 28.4 Å². The van der Waals surface area contributed by atoms with Gasteiger partial charge in [-0.05, 0) is 36.2 Å². The molecular formula is C17H18O3. The number of hydrogen-bond donors (Lipinski definition) is 1. The fourth-order valence-corrected chi connectivity index (χ4v) is 2.38. The Morgan fingerprint density at radius 3 is 2.85 bits per heavy atom.